The number of hydrogen-bond acceptors (Lipinski definition) is 6. The van der Waals surface area contributed by atoms with Gasteiger partial charge < -0.3 is 4.52 Å². The van der Waals surface area contributed by atoms with E-state index >= 15 is 0 Å². The number of aromatic nitrogens is 6. The van der Waals surface area contributed by atoms with Crippen molar-refractivity contribution in [2.75, 3.05) is 0 Å². The number of rotatable bonds is 4. The molecule has 34 heavy (non-hydrogen) atoms. The molecule has 0 atom stereocenters. The molecule has 3 heterocycles. The van der Waals surface area contributed by atoms with Crippen LogP contribution in [-0.4, -0.2) is 29.2 Å². The molecule has 3 aromatic carbocycles. The number of halogens is 1. The standard InChI is InChI=1S/C25H15ClN6O2/c26-18-10-12-20(13-11-18)32-22(16-6-8-17(9-7-16)24-27-14-29-34-24)30-23-21(25(32)33)28-15-31(23)19-4-2-1-3-5-19/h1-15H. The maximum Gasteiger partial charge on any atom is 0.286 e. The van der Waals surface area contributed by atoms with Crippen molar-refractivity contribution in [2.24, 2.45) is 0 Å². The van der Waals surface area contributed by atoms with Crippen LogP contribution in [0.15, 0.2) is 101 Å². The van der Waals surface area contributed by atoms with Gasteiger partial charge in [0.15, 0.2) is 17.5 Å². The van der Waals surface area contributed by atoms with E-state index in [1.807, 2.05) is 54.6 Å². The lowest BCUT2D eigenvalue weighted by Crippen LogP contribution is -2.22. The third-order valence-corrected chi connectivity index (χ3v) is 5.69. The molecule has 6 aromatic rings. The van der Waals surface area contributed by atoms with Gasteiger partial charge in [-0.3, -0.25) is 13.9 Å². The van der Waals surface area contributed by atoms with Crippen molar-refractivity contribution in [3.05, 3.63) is 107 Å². The number of benzene rings is 3. The minimum atomic E-state index is -0.280. The minimum Gasteiger partial charge on any atom is -0.334 e. The molecule has 0 N–H and O–H groups in total. The van der Waals surface area contributed by atoms with Crippen molar-refractivity contribution in [2.45, 2.75) is 0 Å². The van der Waals surface area contributed by atoms with E-state index in [0.29, 0.717) is 28.1 Å². The van der Waals surface area contributed by atoms with E-state index in [1.54, 1.807) is 39.7 Å². The largest absolute Gasteiger partial charge is 0.334 e. The molecule has 0 aliphatic carbocycles. The van der Waals surface area contributed by atoms with Crippen LogP contribution in [-0.2, 0) is 0 Å². The maximum absolute atomic E-state index is 13.7. The molecule has 6 rings (SSSR count). The van der Waals surface area contributed by atoms with Gasteiger partial charge >= 0.3 is 0 Å². The first-order chi connectivity index (χ1) is 16.7. The van der Waals surface area contributed by atoms with Gasteiger partial charge in [0.2, 0.25) is 0 Å². The van der Waals surface area contributed by atoms with Crippen LogP contribution >= 0.6 is 11.6 Å². The second-order valence-corrected chi connectivity index (χ2v) is 7.93. The molecule has 0 aliphatic heterocycles. The highest BCUT2D eigenvalue weighted by Crippen LogP contribution is 2.26. The van der Waals surface area contributed by atoms with E-state index in [-0.39, 0.29) is 11.1 Å². The second-order valence-electron chi connectivity index (χ2n) is 7.50. The first-order valence-corrected chi connectivity index (χ1v) is 10.8. The molecule has 0 saturated carbocycles. The first-order valence-electron chi connectivity index (χ1n) is 10.4. The van der Waals surface area contributed by atoms with Gasteiger partial charge in [-0.15, -0.1) is 0 Å². The monoisotopic (exact) mass is 466 g/mol. The summed E-state index contributed by atoms with van der Waals surface area (Å²) in [6.07, 6.45) is 2.96. The Bertz CT molecular complexity index is 1660. The van der Waals surface area contributed by atoms with Crippen LogP contribution in [0.4, 0.5) is 0 Å². The molecular weight excluding hydrogens is 452 g/mol. The highest BCUT2D eigenvalue weighted by molar-refractivity contribution is 6.30. The molecule has 0 saturated heterocycles. The molecule has 164 valence electrons. The lowest BCUT2D eigenvalue weighted by atomic mass is 10.1. The van der Waals surface area contributed by atoms with Crippen LogP contribution in [0.1, 0.15) is 0 Å². The Hall–Kier alpha value is -4.56. The Kier molecular flexibility index (Phi) is 4.78. The third kappa shape index (κ3) is 3.37. The van der Waals surface area contributed by atoms with Crippen molar-refractivity contribution in [1.82, 2.24) is 29.2 Å². The minimum absolute atomic E-state index is 0.269. The van der Waals surface area contributed by atoms with Crippen molar-refractivity contribution in [3.63, 3.8) is 0 Å². The molecule has 0 bridgehead atoms. The summed E-state index contributed by atoms with van der Waals surface area (Å²) >= 11 is 6.09. The number of fused-ring (bicyclic) bond motifs is 1. The average molecular weight is 467 g/mol. The SMILES string of the molecule is O=c1c2ncn(-c3ccccc3)c2nc(-c2ccc(-c3ncno3)cc2)n1-c1ccc(Cl)cc1. The number of hydrogen-bond donors (Lipinski definition) is 0. The van der Waals surface area contributed by atoms with Crippen LogP contribution in [0, 0.1) is 0 Å². The first kappa shape index (κ1) is 20.1. The summed E-state index contributed by atoms with van der Waals surface area (Å²) in [4.78, 5) is 27.1. The fourth-order valence-electron chi connectivity index (χ4n) is 3.82. The van der Waals surface area contributed by atoms with Crippen LogP contribution < -0.4 is 5.56 Å². The summed E-state index contributed by atoms with van der Waals surface area (Å²) in [6, 6.07) is 24.1. The highest BCUT2D eigenvalue weighted by Gasteiger charge is 2.19. The van der Waals surface area contributed by atoms with Gasteiger partial charge in [-0.25, -0.2) is 9.97 Å². The van der Waals surface area contributed by atoms with Gasteiger partial charge in [0.25, 0.3) is 11.4 Å². The van der Waals surface area contributed by atoms with E-state index < -0.39 is 0 Å². The molecule has 8 nitrogen and oxygen atoms in total. The van der Waals surface area contributed by atoms with Gasteiger partial charge in [0.05, 0.1) is 5.69 Å². The zero-order valence-corrected chi connectivity index (χ0v) is 18.3. The molecule has 0 aliphatic rings. The number of para-hydroxylation sites is 1. The van der Waals surface area contributed by atoms with Crippen LogP contribution in [0.2, 0.25) is 5.02 Å². The average Bonchev–Trinajstić information content (AvgIpc) is 3.56. The van der Waals surface area contributed by atoms with Gasteiger partial charge in [0.1, 0.15) is 12.2 Å². The smallest absolute Gasteiger partial charge is 0.286 e. The normalized spacial score (nSPS) is 11.2. The molecule has 0 unspecified atom stereocenters. The molecule has 9 heteroatoms. The number of nitrogens with zero attached hydrogens (tertiary/aromatic N) is 6. The molecule has 0 spiro atoms. The summed E-state index contributed by atoms with van der Waals surface area (Å²) in [5.74, 6) is 0.877. The summed E-state index contributed by atoms with van der Waals surface area (Å²) in [5.41, 5.74) is 3.45. The maximum atomic E-state index is 13.7. The predicted molar refractivity (Wildman–Crippen MR) is 128 cm³/mol. The van der Waals surface area contributed by atoms with Crippen LogP contribution in [0.5, 0.6) is 0 Å². The second kappa shape index (κ2) is 8.09. The summed E-state index contributed by atoms with van der Waals surface area (Å²) < 4.78 is 8.49. The lowest BCUT2D eigenvalue weighted by molar-refractivity contribution is 0.430. The van der Waals surface area contributed by atoms with E-state index in [9.17, 15) is 4.79 Å². The van der Waals surface area contributed by atoms with Crippen LogP contribution in [0.3, 0.4) is 0 Å². The van der Waals surface area contributed by atoms with Crippen molar-refractivity contribution >= 4 is 22.8 Å². The van der Waals surface area contributed by atoms with E-state index in [0.717, 1.165) is 16.8 Å². The molecular formula is C25H15ClN6O2. The zero-order chi connectivity index (χ0) is 23.1. The van der Waals surface area contributed by atoms with Gasteiger partial charge in [0, 0.05) is 21.8 Å². The third-order valence-electron chi connectivity index (χ3n) is 5.44. The van der Waals surface area contributed by atoms with E-state index in [4.69, 9.17) is 21.1 Å². The Morgan fingerprint density at radius 3 is 2.24 bits per heavy atom. The molecule has 0 amide bonds. The Labute approximate surface area is 197 Å². The number of imidazole rings is 1. The topological polar surface area (TPSA) is 91.6 Å². The van der Waals surface area contributed by atoms with Crippen LogP contribution in [0.25, 0.3) is 45.4 Å². The fourth-order valence-corrected chi connectivity index (χ4v) is 3.94. The summed E-state index contributed by atoms with van der Waals surface area (Å²) in [5, 5.41) is 4.23. The van der Waals surface area contributed by atoms with E-state index in [1.165, 1.54) is 6.33 Å². The Balaban J connectivity index is 1.61. The summed E-state index contributed by atoms with van der Waals surface area (Å²) in [7, 11) is 0. The van der Waals surface area contributed by atoms with Gasteiger partial charge in [-0.1, -0.05) is 47.1 Å². The fraction of sp³-hybridized carbons (Fsp3) is 0. The lowest BCUT2D eigenvalue weighted by Gasteiger charge is -2.14. The molecule has 3 aromatic heterocycles. The predicted octanol–water partition coefficient (Wildman–Crippen LogP) is 4.94. The summed E-state index contributed by atoms with van der Waals surface area (Å²) in [6.45, 7) is 0. The highest BCUT2D eigenvalue weighted by atomic mass is 35.5. The molecule has 0 radical (unpaired) electrons. The van der Waals surface area contributed by atoms with Crippen molar-refractivity contribution < 1.29 is 4.52 Å². The van der Waals surface area contributed by atoms with Crippen molar-refractivity contribution in [3.8, 4) is 34.2 Å². The Morgan fingerprint density at radius 1 is 0.794 bits per heavy atom. The molecule has 0 fully saturated rings. The Morgan fingerprint density at radius 2 is 1.53 bits per heavy atom. The quantitative estimate of drug-likeness (QED) is 0.365. The zero-order valence-electron chi connectivity index (χ0n) is 17.5. The van der Waals surface area contributed by atoms with Gasteiger partial charge in [-0.05, 0) is 48.5 Å². The van der Waals surface area contributed by atoms with Gasteiger partial charge in [-0.2, -0.15) is 4.98 Å². The van der Waals surface area contributed by atoms with E-state index in [2.05, 4.69) is 15.1 Å². The van der Waals surface area contributed by atoms with Crippen molar-refractivity contribution in [1.29, 1.82) is 0 Å².